The molecule has 0 N–H and O–H groups in total. The van der Waals surface area contributed by atoms with Gasteiger partial charge in [-0.25, -0.2) is 0 Å². The standard InChI is InChI=1S/C68H44N2O2/c1-2-15-45(16-3-1)47-35-38-54(39-36-47)69(64-31-14-29-61-62-40-37-48-18-6-7-26-58(48)66(62)72-68(61)64)55-23-10-20-50(42-55)51-21-11-24-56(43-51)70(63-30-13-28-60-59-27-8-9-32-65(59)71-67(60)63)57-25-12-22-52(44-57)53-34-33-46-17-4-5-19-49(46)41-53/h1-44H. The van der Waals surface area contributed by atoms with E-state index in [0.29, 0.717) is 0 Å². The molecule has 4 heteroatoms. The molecule has 338 valence electrons. The fraction of sp³-hybridized carbons (Fsp3) is 0. The van der Waals surface area contributed by atoms with Crippen molar-refractivity contribution >= 4 is 99.5 Å². The summed E-state index contributed by atoms with van der Waals surface area (Å²) in [5, 5.41) is 9.03. The maximum atomic E-state index is 7.01. The predicted octanol–water partition coefficient (Wildman–Crippen LogP) is 19.7. The number of anilines is 6. The minimum Gasteiger partial charge on any atom is -0.454 e. The Morgan fingerprint density at radius 1 is 0.222 bits per heavy atom. The Labute approximate surface area is 416 Å². The first-order valence-corrected chi connectivity index (χ1v) is 24.5. The van der Waals surface area contributed by atoms with Crippen molar-refractivity contribution < 1.29 is 8.83 Å². The summed E-state index contributed by atoms with van der Waals surface area (Å²) in [5.74, 6) is 0. The highest BCUT2D eigenvalue weighted by Crippen LogP contribution is 2.47. The van der Waals surface area contributed by atoms with Gasteiger partial charge in [0.15, 0.2) is 11.2 Å². The summed E-state index contributed by atoms with van der Waals surface area (Å²) >= 11 is 0. The van der Waals surface area contributed by atoms with Gasteiger partial charge in [-0.05, 0) is 128 Å². The lowest BCUT2D eigenvalue weighted by Crippen LogP contribution is -2.11. The van der Waals surface area contributed by atoms with Crippen LogP contribution in [0.15, 0.2) is 276 Å². The molecule has 0 fully saturated rings. The Balaban J connectivity index is 0.923. The molecule has 14 aromatic rings. The third kappa shape index (κ3) is 7.08. The average molecular weight is 921 g/mol. The van der Waals surface area contributed by atoms with Gasteiger partial charge in [0.25, 0.3) is 0 Å². The molecule has 12 aromatic carbocycles. The van der Waals surface area contributed by atoms with Crippen LogP contribution in [-0.4, -0.2) is 0 Å². The lowest BCUT2D eigenvalue weighted by molar-refractivity contribution is 0.669. The minimum absolute atomic E-state index is 0.837. The minimum atomic E-state index is 0.837. The van der Waals surface area contributed by atoms with Gasteiger partial charge < -0.3 is 18.6 Å². The number of furan rings is 2. The second-order valence-corrected chi connectivity index (χ2v) is 18.5. The zero-order valence-corrected chi connectivity index (χ0v) is 39.1. The number of hydrogen-bond acceptors (Lipinski definition) is 4. The van der Waals surface area contributed by atoms with E-state index in [1.165, 1.54) is 16.3 Å². The SMILES string of the molecule is c1ccc(-c2ccc(N(c3cccc(-c4cccc(N(c5cccc(-c6ccc7ccccc7c6)c5)c5cccc6c5oc5ccccc56)c4)c3)c3cccc4c3oc3c5ccccc5ccc43)cc2)cc1. The molecule has 0 saturated carbocycles. The summed E-state index contributed by atoms with van der Waals surface area (Å²) in [5.41, 5.74) is 16.2. The summed E-state index contributed by atoms with van der Waals surface area (Å²) in [6.45, 7) is 0. The van der Waals surface area contributed by atoms with Crippen LogP contribution >= 0.6 is 0 Å². The monoisotopic (exact) mass is 920 g/mol. The highest BCUT2D eigenvalue weighted by Gasteiger charge is 2.23. The summed E-state index contributed by atoms with van der Waals surface area (Å²) in [6.07, 6.45) is 0. The van der Waals surface area contributed by atoms with E-state index in [9.17, 15) is 0 Å². The summed E-state index contributed by atoms with van der Waals surface area (Å²) in [7, 11) is 0. The van der Waals surface area contributed by atoms with Crippen molar-refractivity contribution in [3.8, 4) is 33.4 Å². The van der Waals surface area contributed by atoms with Crippen LogP contribution < -0.4 is 9.80 Å². The molecule has 0 saturated heterocycles. The van der Waals surface area contributed by atoms with E-state index < -0.39 is 0 Å². The first kappa shape index (κ1) is 41.3. The van der Waals surface area contributed by atoms with Crippen LogP contribution in [-0.2, 0) is 0 Å². The van der Waals surface area contributed by atoms with E-state index in [1.807, 2.05) is 6.07 Å². The van der Waals surface area contributed by atoms with Gasteiger partial charge in [-0.15, -0.1) is 0 Å². The van der Waals surface area contributed by atoms with Crippen LogP contribution in [0.5, 0.6) is 0 Å². The molecule has 0 amide bonds. The number of rotatable bonds is 9. The molecule has 0 spiro atoms. The van der Waals surface area contributed by atoms with Gasteiger partial charge in [0.05, 0.1) is 11.4 Å². The molecule has 0 unspecified atom stereocenters. The third-order valence-corrected chi connectivity index (χ3v) is 14.2. The molecule has 0 aliphatic heterocycles. The normalized spacial score (nSPS) is 11.6. The molecule has 0 aliphatic carbocycles. The van der Waals surface area contributed by atoms with Crippen molar-refractivity contribution in [3.63, 3.8) is 0 Å². The highest BCUT2D eigenvalue weighted by atomic mass is 16.3. The zero-order valence-electron chi connectivity index (χ0n) is 39.1. The van der Waals surface area contributed by atoms with Crippen molar-refractivity contribution in [2.75, 3.05) is 9.80 Å². The van der Waals surface area contributed by atoms with Crippen molar-refractivity contribution in [2.24, 2.45) is 0 Å². The topological polar surface area (TPSA) is 32.8 Å². The number of hydrogen-bond donors (Lipinski definition) is 0. The molecule has 2 heterocycles. The quantitative estimate of drug-likeness (QED) is 0.144. The van der Waals surface area contributed by atoms with E-state index in [1.54, 1.807) is 0 Å². The second-order valence-electron chi connectivity index (χ2n) is 18.5. The van der Waals surface area contributed by atoms with Crippen molar-refractivity contribution in [2.45, 2.75) is 0 Å². The number of para-hydroxylation sites is 3. The lowest BCUT2D eigenvalue weighted by atomic mass is 10.00. The van der Waals surface area contributed by atoms with Crippen LogP contribution in [0, 0.1) is 0 Å². The van der Waals surface area contributed by atoms with Gasteiger partial charge in [0.1, 0.15) is 11.2 Å². The third-order valence-electron chi connectivity index (χ3n) is 14.2. The first-order valence-electron chi connectivity index (χ1n) is 24.5. The Bertz CT molecular complexity index is 4360. The van der Waals surface area contributed by atoms with E-state index in [0.717, 1.165) is 117 Å². The molecule has 0 bridgehead atoms. The van der Waals surface area contributed by atoms with Gasteiger partial charge >= 0.3 is 0 Å². The summed E-state index contributed by atoms with van der Waals surface area (Å²) < 4.78 is 13.8. The fourth-order valence-electron chi connectivity index (χ4n) is 10.7. The molecule has 4 nitrogen and oxygen atoms in total. The van der Waals surface area contributed by atoms with E-state index in [-0.39, 0.29) is 0 Å². The van der Waals surface area contributed by atoms with Gasteiger partial charge in [-0.1, -0.05) is 188 Å². The van der Waals surface area contributed by atoms with Gasteiger partial charge in [-0.2, -0.15) is 0 Å². The molecular formula is C68H44N2O2. The van der Waals surface area contributed by atoms with E-state index in [2.05, 4.69) is 271 Å². The summed E-state index contributed by atoms with van der Waals surface area (Å²) in [4.78, 5) is 4.68. The molecular weight excluding hydrogens is 877 g/mol. The largest absolute Gasteiger partial charge is 0.454 e. The number of fused-ring (bicyclic) bond motifs is 9. The average Bonchev–Trinajstić information content (AvgIpc) is 4.04. The van der Waals surface area contributed by atoms with Gasteiger partial charge in [0.2, 0.25) is 0 Å². The van der Waals surface area contributed by atoms with Crippen molar-refractivity contribution in [3.05, 3.63) is 267 Å². The maximum absolute atomic E-state index is 7.01. The zero-order chi connectivity index (χ0) is 47.5. The van der Waals surface area contributed by atoms with Crippen LogP contribution in [0.25, 0.3) is 98.8 Å². The van der Waals surface area contributed by atoms with Crippen molar-refractivity contribution in [1.82, 2.24) is 0 Å². The van der Waals surface area contributed by atoms with Gasteiger partial charge in [0, 0.05) is 49.7 Å². The van der Waals surface area contributed by atoms with Crippen molar-refractivity contribution in [1.29, 1.82) is 0 Å². The van der Waals surface area contributed by atoms with Gasteiger partial charge in [-0.3, -0.25) is 0 Å². The molecule has 0 radical (unpaired) electrons. The number of nitrogens with zero attached hydrogens (tertiary/aromatic N) is 2. The highest BCUT2D eigenvalue weighted by molar-refractivity contribution is 6.17. The smallest absolute Gasteiger partial charge is 0.159 e. The lowest BCUT2D eigenvalue weighted by Gasteiger charge is -2.27. The summed E-state index contributed by atoms with van der Waals surface area (Å²) in [6, 6.07) is 95.3. The Morgan fingerprint density at radius 3 is 1.35 bits per heavy atom. The second kappa shape index (κ2) is 17.1. The van der Waals surface area contributed by atoms with E-state index >= 15 is 0 Å². The Morgan fingerprint density at radius 2 is 0.667 bits per heavy atom. The molecule has 0 atom stereocenters. The maximum Gasteiger partial charge on any atom is 0.159 e. The van der Waals surface area contributed by atoms with Crippen LogP contribution in [0.3, 0.4) is 0 Å². The Hall–Kier alpha value is -9.64. The predicted molar refractivity (Wildman–Crippen MR) is 302 cm³/mol. The van der Waals surface area contributed by atoms with Crippen LogP contribution in [0.1, 0.15) is 0 Å². The fourth-order valence-corrected chi connectivity index (χ4v) is 10.7. The molecule has 0 aliphatic rings. The first-order chi connectivity index (χ1) is 35.7. The molecule has 14 rings (SSSR count). The van der Waals surface area contributed by atoms with Crippen LogP contribution in [0.2, 0.25) is 0 Å². The Kier molecular flexibility index (Phi) is 9.82. The molecule has 72 heavy (non-hydrogen) atoms. The molecule has 2 aromatic heterocycles. The van der Waals surface area contributed by atoms with E-state index in [4.69, 9.17) is 8.83 Å². The number of benzene rings is 12. The van der Waals surface area contributed by atoms with Crippen LogP contribution in [0.4, 0.5) is 34.1 Å².